The van der Waals surface area contributed by atoms with Crippen LogP contribution in [0.2, 0.25) is 0 Å². The van der Waals surface area contributed by atoms with E-state index in [1.807, 2.05) is 26.8 Å². The Labute approximate surface area is 185 Å². The standard InChI is InChI=1S/C24H37FN2O4/c1-23(2,3)31-22(29)27-15-12-24(13-16-27)11-4-6-20(26-21(24)28)18-7-9-19(10-8-18)30-17-5-14-25/h4,18-19H,5,7-17H2,1-3H3,(H,26,28). The average Bonchev–Trinajstić information content (AvgIpc) is 2.87. The highest BCUT2D eigenvalue weighted by Crippen LogP contribution is 2.39. The first kappa shape index (κ1) is 23.8. The normalized spacial score (nSPS) is 26.3. The van der Waals surface area contributed by atoms with Crippen LogP contribution in [0.4, 0.5) is 9.18 Å². The summed E-state index contributed by atoms with van der Waals surface area (Å²) in [5.74, 6) is 0.326. The molecule has 3 rings (SSSR count). The van der Waals surface area contributed by atoms with Crippen molar-refractivity contribution in [2.24, 2.45) is 11.3 Å². The van der Waals surface area contributed by atoms with Gasteiger partial charge in [0.05, 0.1) is 23.9 Å². The number of nitrogens with one attached hydrogen (secondary N) is 1. The highest BCUT2D eigenvalue weighted by Gasteiger charge is 2.43. The van der Waals surface area contributed by atoms with E-state index < -0.39 is 11.0 Å². The molecular weight excluding hydrogens is 399 g/mol. The van der Waals surface area contributed by atoms with E-state index in [1.54, 1.807) is 4.90 Å². The van der Waals surface area contributed by atoms with Gasteiger partial charge >= 0.3 is 6.09 Å². The van der Waals surface area contributed by atoms with E-state index in [2.05, 4.69) is 11.0 Å². The summed E-state index contributed by atoms with van der Waals surface area (Å²) in [4.78, 5) is 27.3. The second-order valence-electron chi connectivity index (χ2n) is 10.1. The number of hydrogen-bond acceptors (Lipinski definition) is 4. The molecule has 174 valence electrons. The van der Waals surface area contributed by atoms with Crippen LogP contribution >= 0.6 is 0 Å². The maximum atomic E-state index is 13.2. The molecule has 1 saturated heterocycles. The van der Waals surface area contributed by atoms with Crippen LogP contribution in [0, 0.1) is 11.3 Å². The van der Waals surface area contributed by atoms with E-state index in [0.717, 1.165) is 31.4 Å². The van der Waals surface area contributed by atoms with Gasteiger partial charge in [-0.25, -0.2) is 4.79 Å². The Bertz CT molecular complexity index is 708. The van der Waals surface area contributed by atoms with Crippen LogP contribution in [0.3, 0.4) is 0 Å². The molecule has 2 amide bonds. The molecular formula is C24H37FN2O4. The highest BCUT2D eigenvalue weighted by atomic mass is 19.1. The van der Waals surface area contributed by atoms with E-state index in [9.17, 15) is 14.0 Å². The Balaban J connectivity index is 1.51. The Kier molecular flexibility index (Phi) is 7.82. The largest absolute Gasteiger partial charge is 0.444 e. The molecule has 6 nitrogen and oxygen atoms in total. The highest BCUT2D eigenvalue weighted by molar-refractivity contribution is 5.85. The number of ether oxygens (including phenoxy) is 2. The topological polar surface area (TPSA) is 67.9 Å². The van der Waals surface area contributed by atoms with E-state index in [4.69, 9.17) is 9.47 Å². The van der Waals surface area contributed by atoms with Gasteiger partial charge in [-0.1, -0.05) is 0 Å². The molecule has 2 heterocycles. The lowest BCUT2D eigenvalue weighted by atomic mass is 9.75. The second kappa shape index (κ2) is 10.2. The number of carbonyl (C=O) groups excluding carboxylic acids is 2. The first-order chi connectivity index (χ1) is 14.7. The second-order valence-corrected chi connectivity index (χ2v) is 10.1. The van der Waals surface area contributed by atoms with Crippen LogP contribution in [-0.2, 0) is 14.3 Å². The van der Waals surface area contributed by atoms with E-state index in [1.165, 1.54) is 0 Å². The minimum atomic E-state index is -0.523. The minimum Gasteiger partial charge on any atom is -0.444 e. The molecule has 0 radical (unpaired) electrons. The molecule has 0 aromatic rings. The van der Waals surface area contributed by atoms with Crippen molar-refractivity contribution in [3.05, 3.63) is 17.5 Å². The van der Waals surface area contributed by atoms with Crippen molar-refractivity contribution < 1.29 is 23.5 Å². The molecule has 0 bridgehead atoms. The maximum absolute atomic E-state index is 13.2. The Morgan fingerprint density at radius 3 is 2.55 bits per heavy atom. The fourth-order valence-electron chi connectivity index (χ4n) is 4.66. The molecule has 31 heavy (non-hydrogen) atoms. The third-order valence-electron chi connectivity index (χ3n) is 6.57. The van der Waals surface area contributed by atoms with Crippen molar-refractivity contribution >= 4 is 12.0 Å². The number of halogens is 1. The average molecular weight is 437 g/mol. The molecule has 3 aliphatic rings. The zero-order chi connectivity index (χ0) is 22.5. The summed E-state index contributed by atoms with van der Waals surface area (Å²) in [5.41, 5.74) is 3.23. The number of piperidine rings is 1. The number of allylic oxidation sites excluding steroid dienone is 1. The summed E-state index contributed by atoms with van der Waals surface area (Å²) < 4.78 is 23.5. The summed E-state index contributed by atoms with van der Waals surface area (Å²) in [5, 5.41) is 3.17. The third kappa shape index (κ3) is 6.33. The van der Waals surface area contributed by atoms with Crippen LogP contribution in [0.25, 0.3) is 0 Å². The fourth-order valence-corrected chi connectivity index (χ4v) is 4.66. The number of carbonyl (C=O) groups is 2. The predicted octanol–water partition coefficient (Wildman–Crippen LogP) is 4.50. The molecule has 0 atom stereocenters. The predicted molar refractivity (Wildman–Crippen MR) is 116 cm³/mol. The van der Waals surface area contributed by atoms with Crippen molar-refractivity contribution in [2.75, 3.05) is 26.4 Å². The van der Waals surface area contributed by atoms with Gasteiger partial charge in [-0.15, -0.1) is 5.73 Å². The van der Waals surface area contributed by atoms with Gasteiger partial charge in [0.15, 0.2) is 0 Å². The Morgan fingerprint density at radius 2 is 1.94 bits per heavy atom. The van der Waals surface area contributed by atoms with Gasteiger partial charge in [0.25, 0.3) is 0 Å². The van der Waals surface area contributed by atoms with Crippen LogP contribution in [-0.4, -0.2) is 55.0 Å². The SMILES string of the molecule is CC(C)(C)OC(=O)N1CCC2(CC=C=C(C3CCC(OCCCF)CC3)NC2=O)CC1. The van der Waals surface area contributed by atoms with Crippen LogP contribution in [0.15, 0.2) is 17.5 Å². The number of hydrogen-bond donors (Lipinski definition) is 1. The van der Waals surface area contributed by atoms with Gasteiger partial charge in [-0.3, -0.25) is 9.18 Å². The molecule has 1 N–H and O–H groups in total. The van der Waals surface area contributed by atoms with Crippen molar-refractivity contribution in [1.82, 2.24) is 10.2 Å². The van der Waals surface area contributed by atoms with Crippen molar-refractivity contribution in [3.8, 4) is 0 Å². The number of amides is 2. The molecule has 1 saturated carbocycles. The van der Waals surface area contributed by atoms with Gasteiger partial charge in [-0.05, 0) is 78.2 Å². The van der Waals surface area contributed by atoms with E-state index >= 15 is 0 Å². The first-order valence-corrected chi connectivity index (χ1v) is 11.6. The quantitative estimate of drug-likeness (QED) is 0.509. The molecule has 0 aromatic carbocycles. The lowest BCUT2D eigenvalue weighted by Crippen LogP contribution is -2.50. The Morgan fingerprint density at radius 1 is 1.26 bits per heavy atom. The number of rotatable bonds is 5. The fraction of sp³-hybridized carbons (Fsp3) is 0.792. The smallest absolute Gasteiger partial charge is 0.410 e. The molecule has 1 spiro atoms. The van der Waals surface area contributed by atoms with Crippen molar-refractivity contribution in [2.45, 2.75) is 83.8 Å². The van der Waals surface area contributed by atoms with Crippen molar-refractivity contribution in [1.29, 1.82) is 0 Å². The van der Waals surface area contributed by atoms with Gasteiger partial charge < -0.3 is 19.7 Å². The zero-order valence-electron chi connectivity index (χ0n) is 19.2. The molecule has 0 unspecified atom stereocenters. The van der Waals surface area contributed by atoms with Gasteiger partial charge in [0.2, 0.25) is 5.91 Å². The minimum absolute atomic E-state index is 0.0499. The maximum Gasteiger partial charge on any atom is 0.410 e. The van der Waals surface area contributed by atoms with Gasteiger partial charge in [-0.2, -0.15) is 0 Å². The summed E-state index contributed by atoms with van der Waals surface area (Å²) in [7, 11) is 0. The number of likely N-dealkylation sites (tertiary alicyclic amines) is 1. The molecule has 1 aliphatic carbocycles. The van der Waals surface area contributed by atoms with E-state index in [0.29, 0.717) is 45.4 Å². The lowest BCUT2D eigenvalue weighted by molar-refractivity contribution is -0.133. The molecule has 2 aliphatic heterocycles. The molecule has 0 aromatic heterocycles. The third-order valence-corrected chi connectivity index (χ3v) is 6.57. The summed E-state index contributed by atoms with van der Waals surface area (Å²) >= 11 is 0. The summed E-state index contributed by atoms with van der Waals surface area (Å²) in [6.07, 6.45) is 7.96. The Hall–Kier alpha value is -1.85. The number of nitrogens with zero attached hydrogens (tertiary/aromatic N) is 1. The first-order valence-electron chi connectivity index (χ1n) is 11.6. The monoisotopic (exact) mass is 436 g/mol. The van der Waals surface area contributed by atoms with E-state index in [-0.39, 0.29) is 30.7 Å². The van der Waals surface area contributed by atoms with Crippen molar-refractivity contribution in [3.63, 3.8) is 0 Å². The summed E-state index contributed by atoms with van der Waals surface area (Å²) in [6.45, 7) is 6.76. The molecule has 7 heteroatoms. The van der Waals surface area contributed by atoms with Crippen LogP contribution in [0.5, 0.6) is 0 Å². The molecule has 2 fully saturated rings. The zero-order valence-corrected chi connectivity index (χ0v) is 19.2. The van der Waals surface area contributed by atoms with Gasteiger partial charge in [0, 0.05) is 25.6 Å². The van der Waals surface area contributed by atoms with Gasteiger partial charge in [0.1, 0.15) is 5.60 Å². The lowest BCUT2D eigenvalue weighted by Gasteiger charge is -2.40. The van der Waals surface area contributed by atoms with Crippen LogP contribution in [0.1, 0.15) is 72.1 Å². The van der Waals surface area contributed by atoms with Crippen LogP contribution < -0.4 is 5.32 Å². The summed E-state index contributed by atoms with van der Waals surface area (Å²) in [6, 6.07) is 0. The number of alkyl halides is 1.